The van der Waals surface area contributed by atoms with Crippen LogP contribution >= 0.6 is 47.2 Å². The number of aromatic nitrogens is 1. The van der Waals surface area contributed by atoms with E-state index in [4.69, 9.17) is 27.9 Å². The van der Waals surface area contributed by atoms with Crippen LogP contribution in [0.25, 0.3) is 0 Å². The number of halogens is 3. The Kier molecular flexibility index (Phi) is 12.2. The molecule has 0 aliphatic rings. The van der Waals surface area contributed by atoms with E-state index in [1.54, 1.807) is 14.2 Å². The second-order valence-corrected chi connectivity index (χ2v) is 5.50. The molecule has 0 aromatic carbocycles. The van der Waals surface area contributed by atoms with Gasteiger partial charge in [-0.3, -0.25) is 4.99 Å². The predicted octanol–water partition coefficient (Wildman–Crippen LogP) is 3.43. The van der Waals surface area contributed by atoms with Crippen LogP contribution in [0.15, 0.2) is 11.1 Å². The van der Waals surface area contributed by atoms with E-state index in [1.807, 2.05) is 17.7 Å². The molecule has 0 saturated carbocycles. The van der Waals surface area contributed by atoms with Crippen molar-refractivity contribution in [3.05, 3.63) is 21.9 Å². The molecule has 0 bridgehead atoms. The van der Waals surface area contributed by atoms with Crippen LogP contribution in [-0.4, -0.2) is 37.8 Å². The maximum Gasteiger partial charge on any atom is 0.191 e. The number of guanidine groups is 1. The molecule has 5 nitrogen and oxygen atoms in total. The minimum absolute atomic E-state index is 0. The number of rotatable bonds is 8. The van der Waals surface area contributed by atoms with Crippen molar-refractivity contribution >= 4 is 53.1 Å². The highest BCUT2D eigenvalue weighted by atomic mass is 127. The highest BCUT2D eigenvalue weighted by Crippen LogP contribution is 2.24. The molecular weight excluding hydrogens is 438 g/mol. The monoisotopic (exact) mass is 462 g/mol. The fourth-order valence-electron chi connectivity index (χ4n) is 1.91. The molecule has 0 radical (unpaired) electrons. The third-order valence-electron chi connectivity index (χ3n) is 3.19. The van der Waals surface area contributed by atoms with Gasteiger partial charge in [0.25, 0.3) is 0 Å². The Labute approximate surface area is 159 Å². The first kappa shape index (κ1) is 21.8. The average molecular weight is 463 g/mol. The topological polar surface area (TPSA) is 50.6 Å². The van der Waals surface area contributed by atoms with Crippen LogP contribution in [0.2, 0.25) is 10.2 Å². The summed E-state index contributed by atoms with van der Waals surface area (Å²) < 4.78 is 6.88. The lowest BCUT2D eigenvalue weighted by molar-refractivity contribution is 0.192. The maximum absolute atomic E-state index is 6.04. The lowest BCUT2D eigenvalue weighted by Crippen LogP contribution is -2.37. The zero-order valence-electron chi connectivity index (χ0n) is 13.3. The van der Waals surface area contributed by atoms with E-state index < -0.39 is 0 Å². The van der Waals surface area contributed by atoms with Crippen molar-refractivity contribution < 1.29 is 4.74 Å². The Morgan fingerprint density at radius 2 is 2.00 bits per heavy atom. The minimum Gasteiger partial charge on any atom is -0.385 e. The molecule has 1 aromatic rings. The van der Waals surface area contributed by atoms with Crippen LogP contribution in [0, 0.1) is 0 Å². The van der Waals surface area contributed by atoms with Gasteiger partial charge in [0.05, 0.1) is 11.6 Å². The molecule has 0 fully saturated rings. The summed E-state index contributed by atoms with van der Waals surface area (Å²) in [7, 11) is 5.37. The Morgan fingerprint density at radius 1 is 1.27 bits per heavy atom. The standard InChI is InChI=1S/C14H24Cl2N4O.HI/c1-17-14(18-7-5-4-6-8-21-3)19-10-11-9-12(15)13(16)20(11)2;/h9H,4-8,10H2,1-3H3,(H2,17,18,19);1H. The molecule has 128 valence electrons. The number of ether oxygens (including phenoxy) is 1. The third kappa shape index (κ3) is 7.39. The number of unbranched alkanes of at least 4 members (excludes halogenated alkanes) is 2. The van der Waals surface area contributed by atoms with Gasteiger partial charge in [0, 0.05) is 40.1 Å². The minimum atomic E-state index is 0. The van der Waals surface area contributed by atoms with E-state index in [9.17, 15) is 0 Å². The maximum atomic E-state index is 6.04. The summed E-state index contributed by atoms with van der Waals surface area (Å²) in [4.78, 5) is 4.19. The Morgan fingerprint density at radius 3 is 2.55 bits per heavy atom. The number of hydrogen-bond acceptors (Lipinski definition) is 2. The van der Waals surface area contributed by atoms with Crippen molar-refractivity contribution in [3.8, 4) is 0 Å². The summed E-state index contributed by atoms with van der Waals surface area (Å²) in [6.07, 6.45) is 3.32. The normalized spacial score (nSPS) is 11.2. The van der Waals surface area contributed by atoms with Gasteiger partial charge in [-0.1, -0.05) is 23.2 Å². The van der Waals surface area contributed by atoms with E-state index in [1.165, 1.54) is 0 Å². The largest absolute Gasteiger partial charge is 0.385 e. The predicted molar refractivity (Wildman–Crippen MR) is 105 cm³/mol. The van der Waals surface area contributed by atoms with Crippen LogP contribution < -0.4 is 10.6 Å². The molecule has 0 spiro atoms. The molecule has 0 unspecified atom stereocenters. The molecule has 0 saturated heterocycles. The first-order chi connectivity index (χ1) is 10.1. The van der Waals surface area contributed by atoms with E-state index in [0.717, 1.165) is 44.1 Å². The second kappa shape index (κ2) is 12.3. The molecule has 0 amide bonds. The van der Waals surface area contributed by atoms with Crippen molar-refractivity contribution in [1.82, 2.24) is 15.2 Å². The zero-order chi connectivity index (χ0) is 15.7. The van der Waals surface area contributed by atoms with Crippen LogP contribution in [0.3, 0.4) is 0 Å². The summed E-state index contributed by atoms with van der Waals surface area (Å²) in [5.74, 6) is 0.773. The van der Waals surface area contributed by atoms with Gasteiger partial charge < -0.3 is 19.9 Å². The SMILES string of the molecule is CN=C(NCCCCCOC)NCc1cc(Cl)c(Cl)n1C.I. The van der Waals surface area contributed by atoms with Gasteiger partial charge in [-0.15, -0.1) is 24.0 Å². The summed E-state index contributed by atoms with van der Waals surface area (Å²) in [6.45, 7) is 2.33. The van der Waals surface area contributed by atoms with E-state index >= 15 is 0 Å². The smallest absolute Gasteiger partial charge is 0.191 e. The van der Waals surface area contributed by atoms with Crippen LogP contribution in [0.4, 0.5) is 0 Å². The second-order valence-electron chi connectivity index (χ2n) is 4.74. The van der Waals surface area contributed by atoms with Gasteiger partial charge in [-0.25, -0.2) is 0 Å². The molecule has 1 aromatic heterocycles. The highest BCUT2D eigenvalue weighted by Gasteiger charge is 2.09. The molecule has 22 heavy (non-hydrogen) atoms. The van der Waals surface area contributed by atoms with E-state index in [-0.39, 0.29) is 24.0 Å². The molecule has 1 heterocycles. The van der Waals surface area contributed by atoms with Crippen molar-refractivity contribution in [3.63, 3.8) is 0 Å². The lowest BCUT2D eigenvalue weighted by Gasteiger charge is -2.12. The summed E-state index contributed by atoms with van der Waals surface area (Å²) in [6, 6.07) is 1.86. The Balaban J connectivity index is 0.00000441. The third-order valence-corrected chi connectivity index (χ3v) is 4.04. The van der Waals surface area contributed by atoms with Gasteiger partial charge in [0.1, 0.15) is 5.15 Å². The average Bonchev–Trinajstić information content (AvgIpc) is 2.73. The first-order valence-electron chi connectivity index (χ1n) is 7.03. The van der Waals surface area contributed by atoms with Crippen molar-refractivity contribution in [2.24, 2.45) is 12.0 Å². The van der Waals surface area contributed by atoms with Gasteiger partial charge in [0.2, 0.25) is 0 Å². The molecule has 1 rings (SSSR count). The van der Waals surface area contributed by atoms with Crippen molar-refractivity contribution in [2.45, 2.75) is 25.8 Å². The summed E-state index contributed by atoms with van der Waals surface area (Å²) in [5.41, 5.74) is 1.01. The van der Waals surface area contributed by atoms with Gasteiger partial charge in [0.15, 0.2) is 5.96 Å². The Bertz CT molecular complexity index is 466. The number of nitrogens with zero attached hydrogens (tertiary/aromatic N) is 2. The zero-order valence-corrected chi connectivity index (χ0v) is 17.1. The molecule has 8 heteroatoms. The number of aliphatic imine (C=N–C) groups is 1. The number of hydrogen-bond donors (Lipinski definition) is 2. The molecular formula is C14H25Cl2IN4O. The summed E-state index contributed by atoms with van der Waals surface area (Å²) >= 11 is 12.0. The van der Waals surface area contributed by atoms with E-state index in [0.29, 0.717) is 16.7 Å². The first-order valence-corrected chi connectivity index (χ1v) is 7.78. The van der Waals surface area contributed by atoms with E-state index in [2.05, 4.69) is 15.6 Å². The number of methoxy groups -OCH3 is 1. The molecule has 0 atom stereocenters. The quantitative estimate of drug-likeness (QED) is 0.269. The van der Waals surface area contributed by atoms with Gasteiger partial charge >= 0.3 is 0 Å². The Hall–Kier alpha value is -0.180. The molecule has 2 N–H and O–H groups in total. The molecule has 0 aliphatic carbocycles. The van der Waals surface area contributed by atoms with Gasteiger partial charge in [-0.05, 0) is 25.3 Å². The van der Waals surface area contributed by atoms with Crippen LogP contribution in [0.1, 0.15) is 25.0 Å². The van der Waals surface area contributed by atoms with Crippen molar-refractivity contribution in [1.29, 1.82) is 0 Å². The fraction of sp³-hybridized carbons (Fsp3) is 0.643. The number of nitrogens with one attached hydrogen (secondary N) is 2. The fourth-order valence-corrected chi connectivity index (χ4v) is 2.32. The lowest BCUT2D eigenvalue weighted by atomic mass is 10.2. The van der Waals surface area contributed by atoms with Gasteiger partial charge in [-0.2, -0.15) is 0 Å². The highest BCUT2D eigenvalue weighted by molar-refractivity contribution is 14.0. The van der Waals surface area contributed by atoms with Crippen LogP contribution in [-0.2, 0) is 18.3 Å². The van der Waals surface area contributed by atoms with Crippen molar-refractivity contribution in [2.75, 3.05) is 27.3 Å². The summed E-state index contributed by atoms with van der Waals surface area (Å²) in [5, 5.41) is 7.64. The van der Waals surface area contributed by atoms with Crippen LogP contribution in [0.5, 0.6) is 0 Å². The molecule has 0 aliphatic heterocycles.